The Morgan fingerprint density at radius 2 is 1.59 bits per heavy atom. The van der Waals surface area contributed by atoms with Crippen molar-refractivity contribution in [1.82, 2.24) is 40.2 Å². The van der Waals surface area contributed by atoms with Gasteiger partial charge in [-0.2, -0.15) is 26.7 Å². The van der Waals surface area contributed by atoms with Crippen LogP contribution in [-0.4, -0.2) is 114 Å². The molecule has 6 rings (SSSR count). The summed E-state index contributed by atoms with van der Waals surface area (Å²) in [5.74, 6) is -5.38. The zero-order valence-corrected chi connectivity index (χ0v) is 41.5. The van der Waals surface area contributed by atoms with E-state index in [1.807, 2.05) is 0 Å². The number of carbonyl (C=O) groups excluding carboxylic acids is 3. The molecule has 1 unspecified atom stereocenters. The third kappa shape index (κ3) is 14.7. The van der Waals surface area contributed by atoms with Crippen molar-refractivity contribution in [3.63, 3.8) is 0 Å². The number of carboxylic acids is 1. The molecule has 28 heteroatoms. The van der Waals surface area contributed by atoms with Gasteiger partial charge in [-0.05, 0) is 79.8 Å². The molecule has 2 atom stereocenters. The molecule has 73 heavy (non-hydrogen) atoms. The number of pyridine rings is 2. The summed E-state index contributed by atoms with van der Waals surface area (Å²) in [6.07, 6.45) is 5.48. The first kappa shape index (κ1) is 54.6. The van der Waals surface area contributed by atoms with E-state index in [2.05, 4.69) is 51.2 Å². The van der Waals surface area contributed by atoms with Crippen LogP contribution in [0, 0.1) is 20.8 Å². The summed E-state index contributed by atoms with van der Waals surface area (Å²) in [6.45, 7) is 3.96. The molecule has 0 radical (unpaired) electrons. The Kier molecular flexibility index (Phi) is 17.3. The first-order valence-electron chi connectivity index (χ1n) is 21.8. The van der Waals surface area contributed by atoms with Gasteiger partial charge in [0.25, 0.3) is 32.1 Å². The number of hydrogen-bond donors (Lipinski definition) is 9. The van der Waals surface area contributed by atoms with Crippen molar-refractivity contribution in [2.45, 2.75) is 68.7 Å². The number of nitrogens with zero attached hydrogens (tertiary/aromatic N) is 5. The molecule has 386 valence electrons. The summed E-state index contributed by atoms with van der Waals surface area (Å²) in [6, 6.07) is 12.4. The number of benzene rings is 3. The fourth-order valence-electron chi connectivity index (χ4n) is 7.62. The minimum absolute atomic E-state index is 0.00304. The van der Waals surface area contributed by atoms with Gasteiger partial charge in [-0.3, -0.25) is 33.1 Å². The van der Waals surface area contributed by atoms with Crippen LogP contribution in [0.2, 0.25) is 0 Å². The number of amides is 3. The highest BCUT2D eigenvalue weighted by molar-refractivity contribution is 7.89. The lowest BCUT2D eigenvalue weighted by Crippen LogP contribution is -2.50. The van der Waals surface area contributed by atoms with Crippen LogP contribution in [0.5, 0.6) is 0 Å². The highest BCUT2D eigenvalue weighted by Gasteiger charge is 2.30. The van der Waals surface area contributed by atoms with Crippen molar-refractivity contribution in [2.75, 3.05) is 24.2 Å². The number of fused-ring (bicyclic) bond motifs is 1. The van der Waals surface area contributed by atoms with Crippen LogP contribution >= 0.6 is 0 Å². The third-order valence-corrected chi connectivity index (χ3v) is 14.3. The summed E-state index contributed by atoms with van der Waals surface area (Å²) < 4.78 is 96.8. The number of azo groups is 1. The molecule has 3 aromatic carbocycles. The number of H-pyrrole nitrogens is 1. The molecule has 6 aromatic rings. The Hall–Kier alpha value is -7.76. The predicted octanol–water partition coefficient (Wildman–Crippen LogP) is 2.54. The second-order valence-electron chi connectivity index (χ2n) is 16.5. The topological polar surface area (TPSA) is 380 Å². The van der Waals surface area contributed by atoms with Gasteiger partial charge in [-0.1, -0.05) is 42.0 Å². The number of aromatic nitrogens is 4. The van der Waals surface area contributed by atoms with E-state index >= 15 is 0 Å². The standard InChI is InChI=1S/C45H49N11O14S3/c1-26-17-27(2)40(28(3)18-26)72(66,67)55-34(44(61)62)23-50-42(59)33-24-56(36-19-29(9-11-32(36)39(33)57)20-51-45-47-14-15-48-45)16-6-13-46-43(60)35(25-71(63,64)65)53-41(58)31-10-12-38(49-21-31)54-52-22-30-7-4-5-8-37(30)73(68,69)70/h4-5,7-12,14-15,17-19,21,24,34-35,55H,6,13,16,20,22-23,25H2,1-3H3,(H,46,60)(H,50,59)(H,53,58)(H,61,62)(H2,47,48,51)(H,63,64,65)(H,68,69,70)/t34?,35-/m0/s1. The number of aromatic amines is 1. The number of nitrogens with one attached hydrogen (secondary N) is 6. The van der Waals surface area contributed by atoms with Gasteiger partial charge in [0.1, 0.15) is 23.4 Å². The van der Waals surface area contributed by atoms with E-state index in [4.69, 9.17) is 0 Å². The lowest BCUT2D eigenvalue weighted by atomic mass is 10.1. The van der Waals surface area contributed by atoms with Crippen LogP contribution in [0.3, 0.4) is 0 Å². The molecule has 0 fully saturated rings. The molecule has 25 nitrogen and oxygen atoms in total. The summed E-state index contributed by atoms with van der Waals surface area (Å²) in [4.78, 5) is 77.0. The van der Waals surface area contributed by atoms with Crippen LogP contribution in [-0.2, 0) is 59.5 Å². The molecular weight excluding hydrogens is 1010 g/mol. The molecule has 0 aliphatic heterocycles. The van der Waals surface area contributed by atoms with E-state index in [0.717, 1.165) is 11.8 Å². The predicted molar refractivity (Wildman–Crippen MR) is 263 cm³/mol. The highest BCUT2D eigenvalue weighted by atomic mass is 32.2. The molecule has 0 bridgehead atoms. The first-order chi connectivity index (χ1) is 34.4. The Balaban J connectivity index is 1.15. The van der Waals surface area contributed by atoms with Crippen molar-refractivity contribution in [3.8, 4) is 0 Å². The molecular formula is C45H49N11O14S3. The van der Waals surface area contributed by atoms with Gasteiger partial charge in [0.15, 0.2) is 11.8 Å². The smallest absolute Gasteiger partial charge is 0.323 e. The second kappa shape index (κ2) is 23.2. The summed E-state index contributed by atoms with van der Waals surface area (Å²) >= 11 is 0. The number of imidazole rings is 1. The Morgan fingerprint density at radius 1 is 0.863 bits per heavy atom. The summed E-state index contributed by atoms with van der Waals surface area (Å²) in [5, 5.41) is 28.0. The number of anilines is 1. The van der Waals surface area contributed by atoms with E-state index in [1.165, 1.54) is 53.2 Å². The number of sulfonamides is 1. The van der Waals surface area contributed by atoms with E-state index in [9.17, 15) is 63.4 Å². The van der Waals surface area contributed by atoms with Crippen molar-refractivity contribution in [1.29, 1.82) is 0 Å². The van der Waals surface area contributed by atoms with Gasteiger partial charge in [0.05, 0.1) is 27.4 Å². The highest BCUT2D eigenvalue weighted by Crippen LogP contribution is 2.23. The van der Waals surface area contributed by atoms with Crippen molar-refractivity contribution < 1.29 is 58.6 Å². The van der Waals surface area contributed by atoms with Crippen molar-refractivity contribution in [2.24, 2.45) is 10.2 Å². The number of rotatable bonds is 23. The van der Waals surface area contributed by atoms with Crippen molar-refractivity contribution in [3.05, 3.63) is 141 Å². The van der Waals surface area contributed by atoms with Crippen LogP contribution in [0.4, 0.5) is 11.8 Å². The Labute approximate surface area is 417 Å². The van der Waals surface area contributed by atoms with Crippen LogP contribution in [0.1, 0.15) is 55.0 Å². The Morgan fingerprint density at radius 3 is 2.23 bits per heavy atom. The average molecular weight is 1060 g/mol. The quantitative estimate of drug-likeness (QED) is 0.0253. The zero-order valence-electron chi connectivity index (χ0n) is 39.1. The molecule has 3 amide bonds. The molecule has 3 heterocycles. The molecule has 0 saturated heterocycles. The van der Waals surface area contributed by atoms with Crippen molar-refractivity contribution >= 4 is 76.6 Å². The first-order valence-corrected chi connectivity index (χ1v) is 26.4. The van der Waals surface area contributed by atoms with Crippen LogP contribution in [0.15, 0.2) is 116 Å². The van der Waals surface area contributed by atoms with E-state index in [0.29, 0.717) is 28.2 Å². The molecule has 9 N–H and O–H groups in total. The fraction of sp³-hybridized carbons (Fsp3) is 0.267. The summed E-state index contributed by atoms with van der Waals surface area (Å²) in [7, 11) is -13.8. The Bertz CT molecular complexity index is 3470. The normalized spacial score (nSPS) is 12.8. The SMILES string of the molecule is Cc1cc(C)c(S(=O)(=O)NC(CNC(=O)c2cn(CCCNC(=O)[C@H](CS(=O)(=O)O)NC(=O)c3ccc(N=NCc4ccccc4S(=O)(=O)O)nc3)c3cc(CNc4ncc[nH]4)ccc3c2=O)C(=O)O)c(C)c1. The monoisotopic (exact) mass is 1060 g/mol. The molecule has 0 spiro atoms. The number of aliphatic carboxylic acids is 1. The maximum atomic E-state index is 13.9. The molecule has 3 aromatic heterocycles. The zero-order chi connectivity index (χ0) is 53.3. The van der Waals surface area contributed by atoms with Gasteiger partial charge in [-0.25, -0.2) is 18.4 Å². The number of hydrogen-bond acceptors (Lipinski definition) is 16. The molecule has 0 aliphatic rings. The van der Waals surface area contributed by atoms with E-state index < -0.39 is 89.3 Å². The van der Waals surface area contributed by atoms with E-state index in [-0.39, 0.29) is 64.7 Å². The van der Waals surface area contributed by atoms with Gasteiger partial charge in [0.2, 0.25) is 21.4 Å². The molecule has 0 saturated carbocycles. The lowest BCUT2D eigenvalue weighted by Gasteiger charge is -2.19. The summed E-state index contributed by atoms with van der Waals surface area (Å²) in [5.41, 5.74) is 1.39. The third-order valence-electron chi connectivity index (χ3n) is 10.8. The van der Waals surface area contributed by atoms with Crippen LogP contribution < -0.4 is 31.4 Å². The average Bonchev–Trinajstić information content (AvgIpc) is 3.84. The van der Waals surface area contributed by atoms with Gasteiger partial charge < -0.3 is 35.9 Å². The molecule has 0 aliphatic carbocycles. The largest absolute Gasteiger partial charge is 0.480 e. The lowest BCUT2D eigenvalue weighted by molar-refractivity contribution is -0.138. The van der Waals surface area contributed by atoms with Gasteiger partial charge >= 0.3 is 5.97 Å². The maximum Gasteiger partial charge on any atom is 0.323 e. The fourth-order valence-corrected chi connectivity index (χ4v) is 10.6. The second-order valence-corrected chi connectivity index (χ2v) is 21.0. The van der Waals surface area contributed by atoms with Crippen LogP contribution in [0.25, 0.3) is 10.9 Å². The van der Waals surface area contributed by atoms with Gasteiger partial charge in [0, 0.05) is 56.4 Å². The van der Waals surface area contributed by atoms with E-state index in [1.54, 1.807) is 57.4 Å². The number of carbonyl (C=O) groups is 4. The number of carboxylic acid groups (broad SMARTS) is 1. The van der Waals surface area contributed by atoms with Gasteiger partial charge in [-0.15, -0.1) is 5.11 Å². The minimum atomic E-state index is -4.85. The number of aryl methyl sites for hydroxylation is 4. The maximum absolute atomic E-state index is 13.9. The minimum Gasteiger partial charge on any atom is -0.480 e.